The summed E-state index contributed by atoms with van der Waals surface area (Å²) in [6, 6.07) is 17.4. The third-order valence-electron chi connectivity index (χ3n) is 4.92. The zero-order chi connectivity index (χ0) is 19.3. The number of sulfonamides is 1. The monoisotopic (exact) mass is 383 g/mol. The molecule has 6 heteroatoms. The van der Waals surface area contributed by atoms with Gasteiger partial charge in [-0.05, 0) is 42.2 Å². The summed E-state index contributed by atoms with van der Waals surface area (Å²) in [5.74, 6) is 0.155. The van der Waals surface area contributed by atoms with Crippen LogP contribution in [0.2, 0.25) is 0 Å². The van der Waals surface area contributed by atoms with Crippen molar-refractivity contribution in [1.82, 2.24) is 4.31 Å². The summed E-state index contributed by atoms with van der Waals surface area (Å²) >= 11 is 0. The van der Waals surface area contributed by atoms with Gasteiger partial charge in [-0.15, -0.1) is 0 Å². The number of unbranched alkanes of at least 4 members (excludes halogenated alkanes) is 1. The Labute approximate surface area is 161 Å². The van der Waals surface area contributed by atoms with E-state index in [1.54, 1.807) is 16.4 Å². The zero-order valence-electron chi connectivity index (χ0n) is 15.6. The summed E-state index contributed by atoms with van der Waals surface area (Å²) in [4.78, 5) is 0. The average Bonchev–Trinajstić information content (AvgIpc) is 2.87. The van der Waals surface area contributed by atoms with E-state index < -0.39 is 10.0 Å². The molecule has 0 aliphatic carbocycles. The van der Waals surface area contributed by atoms with Crippen molar-refractivity contribution in [3.8, 4) is 6.07 Å². The van der Waals surface area contributed by atoms with E-state index in [1.807, 2.05) is 43.3 Å². The van der Waals surface area contributed by atoms with Crippen LogP contribution in [0, 0.1) is 11.3 Å². The molecular formula is C21H25N3O2S. The molecule has 27 heavy (non-hydrogen) atoms. The molecule has 0 radical (unpaired) electrons. The van der Waals surface area contributed by atoms with Gasteiger partial charge in [-0.25, -0.2) is 8.42 Å². The molecule has 5 nitrogen and oxygen atoms in total. The van der Waals surface area contributed by atoms with Gasteiger partial charge in [0.15, 0.2) is 0 Å². The molecule has 3 rings (SSSR count). The van der Waals surface area contributed by atoms with E-state index in [4.69, 9.17) is 0 Å². The number of nitriles is 1. The highest BCUT2D eigenvalue weighted by atomic mass is 32.2. The minimum Gasteiger partial charge on any atom is -0.383 e. The molecule has 0 bridgehead atoms. The predicted molar refractivity (Wildman–Crippen MR) is 108 cm³/mol. The Hall–Kier alpha value is -2.36. The van der Waals surface area contributed by atoms with Crippen LogP contribution >= 0.6 is 0 Å². The number of fused-ring (bicyclic) bond motifs is 1. The number of anilines is 1. The third-order valence-corrected chi connectivity index (χ3v) is 6.87. The molecule has 0 saturated carbocycles. The van der Waals surface area contributed by atoms with Crippen LogP contribution in [0.4, 0.5) is 5.69 Å². The first-order valence-electron chi connectivity index (χ1n) is 9.34. The molecule has 0 amide bonds. The Balaban J connectivity index is 1.95. The average molecular weight is 384 g/mol. The van der Waals surface area contributed by atoms with Gasteiger partial charge in [0.2, 0.25) is 10.0 Å². The van der Waals surface area contributed by atoms with Crippen molar-refractivity contribution in [2.24, 2.45) is 0 Å². The molecule has 1 N–H and O–H groups in total. The molecule has 1 atom stereocenters. The molecule has 0 saturated heterocycles. The van der Waals surface area contributed by atoms with Gasteiger partial charge >= 0.3 is 0 Å². The van der Waals surface area contributed by atoms with E-state index in [0.29, 0.717) is 31.5 Å². The molecule has 0 aromatic heterocycles. The van der Waals surface area contributed by atoms with Gasteiger partial charge < -0.3 is 5.32 Å². The fourth-order valence-electron chi connectivity index (χ4n) is 3.42. The van der Waals surface area contributed by atoms with E-state index in [-0.39, 0.29) is 11.8 Å². The van der Waals surface area contributed by atoms with Crippen LogP contribution in [0.1, 0.15) is 36.5 Å². The Morgan fingerprint density at radius 3 is 2.70 bits per heavy atom. The minimum atomic E-state index is -3.39. The third kappa shape index (κ3) is 4.68. The van der Waals surface area contributed by atoms with Crippen molar-refractivity contribution >= 4 is 15.7 Å². The predicted octanol–water partition coefficient (Wildman–Crippen LogP) is 3.53. The first kappa shape index (κ1) is 19.4. The molecule has 1 heterocycles. The molecule has 2 aromatic carbocycles. The highest BCUT2D eigenvalue weighted by Gasteiger charge is 2.32. The quantitative estimate of drug-likeness (QED) is 0.828. The lowest BCUT2D eigenvalue weighted by Crippen LogP contribution is -2.44. The topological polar surface area (TPSA) is 73.2 Å². The lowest BCUT2D eigenvalue weighted by Gasteiger charge is -2.29. The summed E-state index contributed by atoms with van der Waals surface area (Å²) in [6.07, 6.45) is 2.14. The van der Waals surface area contributed by atoms with Gasteiger partial charge in [-0.3, -0.25) is 0 Å². The summed E-state index contributed by atoms with van der Waals surface area (Å²) in [5.41, 5.74) is 3.41. The van der Waals surface area contributed by atoms with Crippen LogP contribution in [-0.2, 0) is 23.0 Å². The van der Waals surface area contributed by atoms with Crippen LogP contribution in [0.3, 0.4) is 0 Å². The molecule has 1 aliphatic heterocycles. The summed E-state index contributed by atoms with van der Waals surface area (Å²) < 4.78 is 27.8. The van der Waals surface area contributed by atoms with Crippen molar-refractivity contribution in [2.45, 2.75) is 38.8 Å². The number of hydrogen-bond donors (Lipinski definition) is 1. The van der Waals surface area contributed by atoms with Gasteiger partial charge in [0, 0.05) is 24.8 Å². The second kappa shape index (κ2) is 8.55. The highest BCUT2D eigenvalue weighted by Crippen LogP contribution is 2.27. The number of rotatable bonds is 6. The lowest BCUT2D eigenvalue weighted by molar-refractivity contribution is 0.325. The first-order valence-corrected chi connectivity index (χ1v) is 10.9. The second-order valence-corrected chi connectivity index (χ2v) is 8.96. The lowest BCUT2D eigenvalue weighted by atomic mass is 10.1. The van der Waals surface area contributed by atoms with Gasteiger partial charge in [0.25, 0.3) is 0 Å². The standard InChI is InChI=1S/C21H25N3O2S/c1-2-3-11-27(25,26)24-16-19-12-18(14-22)9-10-21(19)23-15-20(24)13-17-7-5-4-6-8-17/h4-10,12,20,23H,2-3,11,13,15-16H2,1H3/t20-/m1/s1. The number of hydrogen-bond acceptors (Lipinski definition) is 4. The smallest absolute Gasteiger partial charge is 0.214 e. The van der Waals surface area contributed by atoms with Crippen molar-refractivity contribution in [3.05, 3.63) is 65.2 Å². The Morgan fingerprint density at radius 2 is 2.00 bits per heavy atom. The maximum Gasteiger partial charge on any atom is 0.214 e. The van der Waals surface area contributed by atoms with Crippen molar-refractivity contribution in [2.75, 3.05) is 17.6 Å². The van der Waals surface area contributed by atoms with Crippen LogP contribution in [-0.4, -0.2) is 31.1 Å². The van der Waals surface area contributed by atoms with E-state index >= 15 is 0 Å². The number of nitrogens with zero attached hydrogens (tertiary/aromatic N) is 2. The number of benzene rings is 2. The van der Waals surface area contributed by atoms with Crippen molar-refractivity contribution in [3.63, 3.8) is 0 Å². The normalized spacial score (nSPS) is 17.4. The molecule has 0 spiro atoms. The van der Waals surface area contributed by atoms with Crippen LogP contribution < -0.4 is 5.32 Å². The Kier molecular flexibility index (Phi) is 6.15. The summed E-state index contributed by atoms with van der Waals surface area (Å²) in [6.45, 7) is 2.83. The van der Waals surface area contributed by atoms with Crippen LogP contribution in [0.25, 0.3) is 0 Å². The van der Waals surface area contributed by atoms with Gasteiger partial charge in [0.05, 0.1) is 17.4 Å². The second-order valence-electron chi connectivity index (χ2n) is 6.92. The van der Waals surface area contributed by atoms with E-state index in [1.165, 1.54) is 0 Å². The fourth-order valence-corrected chi connectivity index (χ4v) is 5.25. The molecular weight excluding hydrogens is 358 g/mol. The molecule has 2 aromatic rings. The maximum absolute atomic E-state index is 13.1. The molecule has 0 unspecified atom stereocenters. The van der Waals surface area contributed by atoms with Gasteiger partial charge in [-0.2, -0.15) is 9.57 Å². The van der Waals surface area contributed by atoms with Crippen LogP contribution in [0.5, 0.6) is 0 Å². The fraction of sp³-hybridized carbons (Fsp3) is 0.381. The van der Waals surface area contributed by atoms with E-state index in [2.05, 4.69) is 11.4 Å². The van der Waals surface area contributed by atoms with Crippen molar-refractivity contribution in [1.29, 1.82) is 5.26 Å². The van der Waals surface area contributed by atoms with E-state index in [0.717, 1.165) is 23.2 Å². The van der Waals surface area contributed by atoms with Crippen LogP contribution in [0.15, 0.2) is 48.5 Å². The Bertz CT molecular complexity index is 920. The summed E-state index contributed by atoms with van der Waals surface area (Å²) in [5, 5.41) is 12.6. The van der Waals surface area contributed by atoms with E-state index in [9.17, 15) is 13.7 Å². The Morgan fingerprint density at radius 1 is 1.22 bits per heavy atom. The minimum absolute atomic E-state index is 0.155. The largest absolute Gasteiger partial charge is 0.383 e. The summed E-state index contributed by atoms with van der Waals surface area (Å²) in [7, 11) is -3.39. The molecule has 1 aliphatic rings. The number of nitrogens with one attached hydrogen (secondary N) is 1. The van der Waals surface area contributed by atoms with Gasteiger partial charge in [-0.1, -0.05) is 43.7 Å². The molecule has 142 valence electrons. The SMILES string of the molecule is CCCCS(=O)(=O)N1Cc2cc(C#N)ccc2NC[C@H]1Cc1ccccc1. The van der Waals surface area contributed by atoms with Crippen molar-refractivity contribution < 1.29 is 8.42 Å². The maximum atomic E-state index is 13.1. The van der Waals surface area contributed by atoms with Gasteiger partial charge in [0.1, 0.15) is 0 Å². The highest BCUT2D eigenvalue weighted by molar-refractivity contribution is 7.89. The zero-order valence-corrected chi connectivity index (χ0v) is 16.4. The first-order chi connectivity index (χ1) is 13.0. The molecule has 0 fully saturated rings.